The van der Waals surface area contributed by atoms with Crippen LogP contribution in [0.3, 0.4) is 0 Å². The Bertz CT molecular complexity index is 507. The van der Waals surface area contributed by atoms with E-state index in [4.69, 9.17) is 9.84 Å². The first-order valence-corrected chi connectivity index (χ1v) is 5.51. The number of carbonyl (C=O) groups excluding carboxylic acids is 1. The number of alkyl halides is 2. The molecule has 0 heterocycles. The SMILES string of the molecule is COc1ccc(C(=O)NC(C)C(=O)O)c(OC(F)F)c1. The summed E-state index contributed by atoms with van der Waals surface area (Å²) in [6, 6.07) is 2.54. The molecule has 0 aliphatic carbocycles. The van der Waals surface area contributed by atoms with Gasteiger partial charge in [0.25, 0.3) is 5.91 Å². The molecule has 0 radical (unpaired) electrons. The molecule has 1 unspecified atom stereocenters. The molecule has 0 aromatic heterocycles. The van der Waals surface area contributed by atoms with E-state index in [0.717, 1.165) is 6.07 Å². The Balaban J connectivity index is 3.03. The fourth-order valence-corrected chi connectivity index (χ4v) is 1.35. The number of methoxy groups -OCH3 is 1. The lowest BCUT2D eigenvalue weighted by Gasteiger charge is -2.14. The maximum absolute atomic E-state index is 12.3. The Morgan fingerprint density at radius 3 is 2.50 bits per heavy atom. The van der Waals surface area contributed by atoms with Gasteiger partial charge in [0.05, 0.1) is 12.7 Å². The number of carbonyl (C=O) groups is 2. The number of benzene rings is 1. The monoisotopic (exact) mass is 289 g/mol. The highest BCUT2D eigenvalue weighted by molar-refractivity contribution is 5.99. The summed E-state index contributed by atoms with van der Waals surface area (Å²) in [7, 11) is 1.33. The molecule has 0 aliphatic rings. The van der Waals surface area contributed by atoms with E-state index in [-0.39, 0.29) is 11.3 Å². The van der Waals surface area contributed by atoms with Crippen LogP contribution < -0.4 is 14.8 Å². The Morgan fingerprint density at radius 2 is 2.00 bits per heavy atom. The molecule has 0 saturated heterocycles. The molecular weight excluding hydrogens is 276 g/mol. The van der Waals surface area contributed by atoms with Crippen LogP contribution >= 0.6 is 0 Å². The second kappa shape index (κ2) is 6.69. The number of carboxylic acids is 1. The van der Waals surface area contributed by atoms with E-state index in [9.17, 15) is 18.4 Å². The molecule has 1 atom stereocenters. The Hall–Kier alpha value is -2.38. The number of nitrogens with one attached hydrogen (secondary N) is 1. The number of amides is 1. The molecule has 0 bridgehead atoms. The van der Waals surface area contributed by atoms with Gasteiger partial charge in [-0.15, -0.1) is 0 Å². The minimum atomic E-state index is -3.12. The van der Waals surface area contributed by atoms with Crippen LogP contribution in [-0.2, 0) is 4.79 Å². The standard InChI is InChI=1S/C12H13F2NO5/c1-6(11(17)18)15-10(16)8-4-3-7(19-2)5-9(8)20-12(13)14/h3-6,12H,1-2H3,(H,15,16)(H,17,18). The number of ether oxygens (including phenoxy) is 2. The van der Waals surface area contributed by atoms with Gasteiger partial charge in [-0.25, -0.2) is 0 Å². The number of hydrogen-bond acceptors (Lipinski definition) is 4. The maximum Gasteiger partial charge on any atom is 0.387 e. The Morgan fingerprint density at radius 1 is 1.35 bits per heavy atom. The summed E-state index contributed by atoms with van der Waals surface area (Å²) >= 11 is 0. The lowest BCUT2D eigenvalue weighted by atomic mass is 10.1. The Kier molecular flexibility index (Phi) is 5.24. The normalized spacial score (nSPS) is 11.8. The van der Waals surface area contributed by atoms with Crippen molar-refractivity contribution in [1.29, 1.82) is 0 Å². The third-order valence-corrected chi connectivity index (χ3v) is 2.37. The molecule has 0 aliphatic heterocycles. The minimum absolute atomic E-state index is 0.209. The smallest absolute Gasteiger partial charge is 0.387 e. The quantitative estimate of drug-likeness (QED) is 0.829. The second-order valence-electron chi connectivity index (χ2n) is 3.77. The molecule has 6 nitrogen and oxygen atoms in total. The molecule has 1 aromatic rings. The third kappa shape index (κ3) is 4.08. The molecule has 0 spiro atoms. The highest BCUT2D eigenvalue weighted by atomic mass is 19.3. The zero-order chi connectivity index (χ0) is 15.3. The van der Waals surface area contributed by atoms with Crippen LogP contribution in [0.2, 0.25) is 0 Å². The Labute approximate surface area is 113 Å². The van der Waals surface area contributed by atoms with Crippen LogP contribution in [0, 0.1) is 0 Å². The van der Waals surface area contributed by atoms with Crippen LogP contribution in [0.1, 0.15) is 17.3 Å². The molecule has 8 heteroatoms. The summed E-state index contributed by atoms with van der Waals surface area (Å²) in [4.78, 5) is 22.5. The van der Waals surface area contributed by atoms with Gasteiger partial charge in [0.2, 0.25) is 0 Å². The summed E-state index contributed by atoms with van der Waals surface area (Å²) in [6.45, 7) is -1.87. The average Bonchev–Trinajstić information content (AvgIpc) is 2.37. The van der Waals surface area contributed by atoms with Gasteiger partial charge in [0, 0.05) is 6.07 Å². The zero-order valence-corrected chi connectivity index (χ0v) is 10.7. The largest absolute Gasteiger partial charge is 0.497 e. The zero-order valence-electron chi connectivity index (χ0n) is 10.7. The van der Waals surface area contributed by atoms with Gasteiger partial charge in [-0.1, -0.05) is 0 Å². The number of hydrogen-bond donors (Lipinski definition) is 2. The molecule has 1 aromatic carbocycles. The van der Waals surface area contributed by atoms with Crippen molar-refractivity contribution in [1.82, 2.24) is 5.32 Å². The van der Waals surface area contributed by atoms with Crippen molar-refractivity contribution in [3.05, 3.63) is 23.8 Å². The first-order valence-electron chi connectivity index (χ1n) is 5.51. The van der Waals surface area contributed by atoms with Crippen LogP contribution in [0.4, 0.5) is 8.78 Å². The van der Waals surface area contributed by atoms with E-state index in [0.29, 0.717) is 0 Å². The van der Waals surface area contributed by atoms with Gasteiger partial charge >= 0.3 is 12.6 Å². The third-order valence-electron chi connectivity index (χ3n) is 2.37. The van der Waals surface area contributed by atoms with E-state index in [2.05, 4.69) is 10.1 Å². The number of aliphatic carboxylic acids is 1. The van der Waals surface area contributed by atoms with Gasteiger partial charge in [0.15, 0.2) is 0 Å². The van der Waals surface area contributed by atoms with Gasteiger partial charge in [-0.05, 0) is 19.1 Å². The predicted molar refractivity (Wildman–Crippen MR) is 64.2 cm³/mol. The van der Waals surface area contributed by atoms with Crippen molar-refractivity contribution in [3.8, 4) is 11.5 Å². The van der Waals surface area contributed by atoms with Crippen LogP contribution in [0.5, 0.6) is 11.5 Å². The second-order valence-corrected chi connectivity index (χ2v) is 3.77. The molecule has 110 valence electrons. The number of halogens is 2. The highest BCUT2D eigenvalue weighted by Gasteiger charge is 2.20. The fourth-order valence-electron chi connectivity index (χ4n) is 1.35. The van der Waals surface area contributed by atoms with E-state index < -0.39 is 30.3 Å². The molecular formula is C12H13F2NO5. The van der Waals surface area contributed by atoms with Gasteiger partial charge < -0.3 is 19.9 Å². The first-order chi connectivity index (χ1) is 9.35. The van der Waals surface area contributed by atoms with Gasteiger partial charge in [-0.2, -0.15) is 8.78 Å². The van der Waals surface area contributed by atoms with E-state index in [1.807, 2.05) is 0 Å². The highest BCUT2D eigenvalue weighted by Crippen LogP contribution is 2.26. The van der Waals surface area contributed by atoms with Crippen molar-refractivity contribution in [2.24, 2.45) is 0 Å². The molecule has 0 saturated carbocycles. The van der Waals surface area contributed by atoms with Crippen LogP contribution in [0.25, 0.3) is 0 Å². The molecule has 2 N–H and O–H groups in total. The summed E-state index contributed by atoms with van der Waals surface area (Å²) in [5.74, 6) is -2.25. The first kappa shape index (κ1) is 15.7. The van der Waals surface area contributed by atoms with Gasteiger partial charge in [-0.3, -0.25) is 9.59 Å². The van der Waals surface area contributed by atoms with Crippen molar-refractivity contribution in [2.45, 2.75) is 19.6 Å². The fraction of sp³-hybridized carbons (Fsp3) is 0.333. The lowest BCUT2D eigenvalue weighted by Crippen LogP contribution is -2.38. The summed E-state index contributed by atoms with van der Waals surface area (Å²) in [5, 5.41) is 10.8. The maximum atomic E-state index is 12.3. The van der Waals surface area contributed by atoms with Crippen molar-refractivity contribution >= 4 is 11.9 Å². The molecule has 0 fully saturated rings. The molecule has 20 heavy (non-hydrogen) atoms. The van der Waals surface area contributed by atoms with Crippen molar-refractivity contribution in [2.75, 3.05) is 7.11 Å². The van der Waals surface area contributed by atoms with Crippen LogP contribution in [-0.4, -0.2) is 36.7 Å². The summed E-state index contributed by atoms with van der Waals surface area (Å²) in [6.07, 6.45) is 0. The van der Waals surface area contributed by atoms with E-state index in [1.165, 1.54) is 26.2 Å². The van der Waals surface area contributed by atoms with Crippen LogP contribution in [0.15, 0.2) is 18.2 Å². The number of rotatable bonds is 6. The summed E-state index contributed by atoms with van der Waals surface area (Å²) < 4.78 is 33.7. The predicted octanol–water partition coefficient (Wildman–Crippen LogP) is 1.50. The molecule has 1 rings (SSSR count). The topological polar surface area (TPSA) is 84.9 Å². The van der Waals surface area contributed by atoms with Crippen molar-refractivity contribution < 1.29 is 33.0 Å². The molecule has 1 amide bonds. The van der Waals surface area contributed by atoms with Crippen molar-refractivity contribution in [3.63, 3.8) is 0 Å². The lowest BCUT2D eigenvalue weighted by molar-refractivity contribution is -0.138. The summed E-state index contributed by atoms with van der Waals surface area (Å²) in [5.41, 5.74) is -0.209. The minimum Gasteiger partial charge on any atom is -0.497 e. The average molecular weight is 289 g/mol. The van der Waals surface area contributed by atoms with Gasteiger partial charge in [0.1, 0.15) is 17.5 Å². The van der Waals surface area contributed by atoms with E-state index in [1.54, 1.807) is 0 Å². The number of carboxylic acid groups (broad SMARTS) is 1. The van der Waals surface area contributed by atoms with E-state index >= 15 is 0 Å².